The maximum Gasteiger partial charge on any atom is 0.320 e. The standard InChI is InChI=1S/C9H11NO2.C2H4N2/c10-8(9(11)12)6-7-4-2-1-3-5-7;3-1-2-4/h1-5,8H,6,10H2,(H,11,12);1,3H2/t8-;/m1./s1. The van der Waals surface area contributed by atoms with Crippen LogP contribution in [-0.2, 0) is 11.2 Å². The van der Waals surface area contributed by atoms with Gasteiger partial charge in [-0.05, 0) is 12.0 Å². The summed E-state index contributed by atoms with van der Waals surface area (Å²) in [5.41, 5.74) is 11.0. The highest BCUT2D eigenvalue weighted by Crippen LogP contribution is 2.01. The van der Waals surface area contributed by atoms with E-state index < -0.39 is 12.0 Å². The average Bonchev–Trinajstić information content (AvgIpc) is 2.30. The third-order valence-electron chi connectivity index (χ3n) is 1.71. The zero-order valence-electron chi connectivity index (χ0n) is 8.84. The van der Waals surface area contributed by atoms with Gasteiger partial charge in [0.2, 0.25) is 0 Å². The Morgan fingerprint density at radius 2 is 1.94 bits per heavy atom. The van der Waals surface area contributed by atoms with E-state index in [0.717, 1.165) is 5.56 Å². The largest absolute Gasteiger partial charge is 0.480 e. The Kier molecular flexibility index (Phi) is 7.41. The molecule has 5 N–H and O–H groups in total. The normalized spacial score (nSPS) is 10.6. The molecule has 0 radical (unpaired) electrons. The molecule has 1 aromatic carbocycles. The lowest BCUT2D eigenvalue weighted by Crippen LogP contribution is -2.32. The third kappa shape index (κ3) is 6.54. The van der Waals surface area contributed by atoms with Crippen LogP contribution in [0.15, 0.2) is 30.3 Å². The van der Waals surface area contributed by atoms with Crippen molar-refractivity contribution >= 4 is 5.97 Å². The van der Waals surface area contributed by atoms with Gasteiger partial charge in [-0.1, -0.05) is 30.3 Å². The van der Waals surface area contributed by atoms with Crippen LogP contribution in [0.5, 0.6) is 0 Å². The summed E-state index contributed by atoms with van der Waals surface area (Å²) in [6.07, 6.45) is 0.385. The van der Waals surface area contributed by atoms with Gasteiger partial charge in [-0.25, -0.2) is 0 Å². The lowest BCUT2D eigenvalue weighted by atomic mass is 10.1. The smallest absolute Gasteiger partial charge is 0.320 e. The zero-order chi connectivity index (χ0) is 12.4. The molecule has 0 fully saturated rings. The first-order valence-electron chi connectivity index (χ1n) is 4.71. The second-order valence-corrected chi connectivity index (χ2v) is 3.00. The van der Waals surface area contributed by atoms with E-state index in [1.807, 2.05) is 30.3 Å². The van der Waals surface area contributed by atoms with Crippen molar-refractivity contribution in [1.82, 2.24) is 0 Å². The molecule has 1 atom stereocenters. The van der Waals surface area contributed by atoms with E-state index in [4.69, 9.17) is 16.1 Å². The molecular weight excluding hydrogens is 206 g/mol. The van der Waals surface area contributed by atoms with Crippen LogP contribution >= 0.6 is 0 Å². The van der Waals surface area contributed by atoms with Gasteiger partial charge in [0.25, 0.3) is 0 Å². The summed E-state index contributed by atoms with van der Waals surface area (Å²) in [7, 11) is 0. The van der Waals surface area contributed by atoms with Gasteiger partial charge >= 0.3 is 5.97 Å². The molecule has 1 aromatic rings. The Bertz CT molecular complexity index is 346. The van der Waals surface area contributed by atoms with E-state index in [1.54, 1.807) is 6.07 Å². The molecule has 1 rings (SSSR count). The summed E-state index contributed by atoms with van der Waals surface area (Å²) in [4.78, 5) is 10.4. The number of aliphatic carboxylic acids is 1. The van der Waals surface area contributed by atoms with Crippen molar-refractivity contribution in [2.24, 2.45) is 11.5 Å². The van der Waals surface area contributed by atoms with Gasteiger partial charge in [-0.15, -0.1) is 0 Å². The molecule has 0 amide bonds. The number of carbonyl (C=O) groups is 1. The predicted octanol–water partition coefficient (Wildman–Crippen LogP) is 0.110. The van der Waals surface area contributed by atoms with Crippen LogP contribution in [0.4, 0.5) is 0 Å². The minimum absolute atomic E-state index is 0.125. The van der Waals surface area contributed by atoms with E-state index in [2.05, 4.69) is 5.73 Å². The minimum atomic E-state index is -0.959. The Morgan fingerprint density at radius 3 is 2.31 bits per heavy atom. The molecule has 0 aliphatic carbocycles. The first kappa shape index (κ1) is 14.1. The molecule has 16 heavy (non-hydrogen) atoms. The molecule has 0 aliphatic rings. The quantitative estimate of drug-likeness (QED) is 0.627. The van der Waals surface area contributed by atoms with Crippen LogP contribution < -0.4 is 11.5 Å². The number of rotatable bonds is 3. The van der Waals surface area contributed by atoms with Gasteiger partial charge in [0.05, 0.1) is 12.6 Å². The van der Waals surface area contributed by atoms with Crippen LogP contribution in [0.25, 0.3) is 0 Å². The zero-order valence-corrected chi connectivity index (χ0v) is 8.84. The fourth-order valence-corrected chi connectivity index (χ4v) is 0.955. The van der Waals surface area contributed by atoms with Crippen molar-refractivity contribution in [3.63, 3.8) is 0 Å². The van der Waals surface area contributed by atoms with E-state index in [0.29, 0.717) is 6.42 Å². The Labute approximate surface area is 94.3 Å². The third-order valence-corrected chi connectivity index (χ3v) is 1.71. The van der Waals surface area contributed by atoms with Crippen molar-refractivity contribution in [2.45, 2.75) is 12.5 Å². The van der Waals surface area contributed by atoms with Gasteiger partial charge in [0.1, 0.15) is 6.04 Å². The average molecular weight is 221 g/mol. The van der Waals surface area contributed by atoms with Crippen molar-refractivity contribution in [2.75, 3.05) is 6.54 Å². The van der Waals surface area contributed by atoms with Gasteiger partial charge in [-0.3, -0.25) is 4.79 Å². The number of benzene rings is 1. The molecule has 0 aromatic heterocycles. The van der Waals surface area contributed by atoms with Crippen molar-refractivity contribution in [3.8, 4) is 6.07 Å². The molecule has 0 saturated carbocycles. The highest BCUT2D eigenvalue weighted by Gasteiger charge is 2.10. The van der Waals surface area contributed by atoms with Crippen molar-refractivity contribution < 1.29 is 9.90 Å². The Morgan fingerprint density at radius 1 is 1.44 bits per heavy atom. The van der Waals surface area contributed by atoms with Crippen molar-refractivity contribution in [1.29, 1.82) is 5.26 Å². The lowest BCUT2D eigenvalue weighted by molar-refractivity contribution is -0.138. The summed E-state index contributed by atoms with van der Waals surface area (Å²) in [6.45, 7) is 0.125. The van der Waals surface area contributed by atoms with Crippen LogP contribution in [0.2, 0.25) is 0 Å². The molecule has 5 heteroatoms. The lowest BCUT2D eigenvalue weighted by Gasteiger charge is -2.04. The number of hydrogen-bond acceptors (Lipinski definition) is 4. The fourth-order valence-electron chi connectivity index (χ4n) is 0.955. The summed E-state index contributed by atoms with van der Waals surface area (Å²) in [5.74, 6) is -0.959. The SMILES string of the molecule is N#CCN.N[C@H](Cc1ccccc1)C(=O)O. The number of nitriles is 1. The molecule has 0 bridgehead atoms. The maximum absolute atomic E-state index is 10.4. The van der Waals surface area contributed by atoms with Gasteiger partial charge in [0, 0.05) is 0 Å². The topological polar surface area (TPSA) is 113 Å². The maximum atomic E-state index is 10.4. The molecule has 0 spiro atoms. The Balaban J connectivity index is 0.000000487. The first-order chi connectivity index (χ1) is 7.61. The second kappa shape index (κ2) is 8.41. The number of carboxylic acids is 1. The van der Waals surface area contributed by atoms with E-state index in [-0.39, 0.29) is 6.54 Å². The van der Waals surface area contributed by atoms with Crippen LogP contribution in [0.1, 0.15) is 5.56 Å². The Hall–Kier alpha value is -1.90. The highest BCUT2D eigenvalue weighted by molar-refractivity contribution is 5.73. The van der Waals surface area contributed by atoms with E-state index >= 15 is 0 Å². The summed E-state index contributed by atoms with van der Waals surface area (Å²) in [5, 5.41) is 16.0. The molecule has 0 saturated heterocycles. The summed E-state index contributed by atoms with van der Waals surface area (Å²) in [6, 6.07) is 10.3. The second-order valence-electron chi connectivity index (χ2n) is 3.00. The van der Waals surface area contributed by atoms with Crippen LogP contribution in [-0.4, -0.2) is 23.7 Å². The summed E-state index contributed by atoms with van der Waals surface area (Å²) < 4.78 is 0. The predicted molar refractivity (Wildman–Crippen MR) is 60.4 cm³/mol. The molecular formula is C11H15N3O2. The molecule has 0 heterocycles. The molecule has 0 unspecified atom stereocenters. The van der Waals surface area contributed by atoms with E-state index in [9.17, 15) is 4.79 Å². The highest BCUT2D eigenvalue weighted by atomic mass is 16.4. The van der Waals surface area contributed by atoms with Gasteiger partial charge < -0.3 is 16.6 Å². The number of nitrogens with two attached hydrogens (primary N) is 2. The van der Waals surface area contributed by atoms with Crippen molar-refractivity contribution in [3.05, 3.63) is 35.9 Å². The molecule has 5 nitrogen and oxygen atoms in total. The van der Waals surface area contributed by atoms with Crippen LogP contribution in [0.3, 0.4) is 0 Å². The fraction of sp³-hybridized carbons (Fsp3) is 0.273. The van der Waals surface area contributed by atoms with Gasteiger partial charge in [-0.2, -0.15) is 5.26 Å². The first-order valence-corrected chi connectivity index (χ1v) is 4.71. The minimum Gasteiger partial charge on any atom is -0.480 e. The van der Waals surface area contributed by atoms with Crippen LogP contribution in [0, 0.1) is 11.3 Å². The monoisotopic (exact) mass is 221 g/mol. The molecule has 86 valence electrons. The van der Waals surface area contributed by atoms with Gasteiger partial charge in [0.15, 0.2) is 0 Å². The number of hydrogen-bond donors (Lipinski definition) is 3. The summed E-state index contributed by atoms with van der Waals surface area (Å²) >= 11 is 0. The number of carboxylic acid groups (broad SMARTS) is 1. The van der Waals surface area contributed by atoms with E-state index in [1.165, 1.54) is 0 Å². The molecule has 0 aliphatic heterocycles. The number of nitrogens with zero attached hydrogens (tertiary/aromatic N) is 1.